The summed E-state index contributed by atoms with van der Waals surface area (Å²) in [5.41, 5.74) is 3.51. The Morgan fingerprint density at radius 2 is 1.50 bits per heavy atom. The van der Waals surface area contributed by atoms with Gasteiger partial charge in [-0.05, 0) is 80.6 Å². The van der Waals surface area contributed by atoms with Gasteiger partial charge in [0.05, 0.1) is 10.6 Å². The molecular formula is C23H23N7O3S. The van der Waals surface area contributed by atoms with Gasteiger partial charge in [0.15, 0.2) is 11.6 Å². The highest BCUT2D eigenvalue weighted by Gasteiger charge is 2.14. The molecular weight excluding hydrogens is 454 g/mol. The second kappa shape index (κ2) is 9.32. The Balaban J connectivity index is 1.41. The average Bonchev–Trinajstić information content (AvgIpc) is 3.13. The second-order valence-corrected chi connectivity index (χ2v) is 9.31. The molecule has 0 aliphatic rings. The van der Waals surface area contributed by atoms with E-state index in [2.05, 4.69) is 30.7 Å². The molecule has 2 heterocycles. The number of nitrogens with one attached hydrogen (secondary N) is 3. The van der Waals surface area contributed by atoms with E-state index in [1.54, 1.807) is 35.0 Å². The summed E-state index contributed by atoms with van der Waals surface area (Å²) in [6.45, 7) is 5.25. The Labute approximate surface area is 197 Å². The number of sulfonamides is 1. The number of carbonyl (C=O) groups is 1. The second-order valence-electron chi connectivity index (χ2n) is 7.63. The normalized spacial score (nSPS) is 11.1. The Morgan fingerprint density at radius 3 is 2.06 bits per heavy atom. The fourth-order valence-corrected chi connectivity index (χ4v) is 4.33. The third kappa shape index (κ3) is 5.38. The van der Waals surface area contributed by atoms with Crippen molar-refractivity contribution in [3.63, 3.8) is 0 Å². The lowest BCUT2D eigenvalue weighted by atomic mass is 10.3. The Hall–Kier alpha value is -4.25. The van der Waals surface area contributed by atoms with Crippen molar-refractivity contribution < 1.29 is 13.2 Å². The van der Waals surface area contributed by atoms with Crippen molar-refractivity contribution in [2.24, 2.45) is 0 Å². The lowest BCUT2D eigenvalue weighted by Gasteiger charge is -2.10. The van der Waals surface area contributed by atoms with Gasteiger partial charge in [0.1, 0.15) is 0 Å². The van der Waals surface area contributed by atoms with Crippen molar-refractivity contribution in [1.82, 2.24) is 20.0 Å². The summed E-state index contributed by atoms with van der Waals surface area (Å²) in [6, 6.07) is 18.2. The fourth-order valence-electron chi connectivity index (χ4n) is 3.27. The minimum absolute atomic E-state index is 0.0850. The molecule has 0 saturated carbocycles. The molecule has 0 fully saturated rings. The van der Waals surface area contributed by atoms with E-state index in [9.17, 15) is 13.2 Å². The smallest absolute Gasteiger partial charge is 0.261 e. The summed E-state index contributed by atoms with van der Waals surface area (Å²) in [5, 5.41) is 18.5. The van der Waals surface area contributed by atoms with Crippen LogP contribution in [-0.2, 0) is 14.8 Å². The maximum Gasteiger partial charge on any atom is 0.261 e. The van der Waals surface area contributed by atoms with Crippen molar-refractivity contribution in [2.45, 2.75) is 25.7 Å². The van der Waals surface area contributed by atoms with Crippen molar-refractivity contribution in [1.29, 1.82) is 0 Å². The topological polar surface area (TPSA) is 131 Å². The van der Waals surface area contributed by atoms with Gasteiger partial charge in [0, 0.05) is 29.7 Å². The van der Waals surface area contributed by atoms with Crippen LogP contribution in [0.1, 0.15) is 18.3 Å². The molecule has 0 atom stereocenters. The van der Waals surface area contributed by atoms with Gasteiger partial charge in [-0.2, -0.15) is 5.10 Å². The largest absolute Gasteiger partial charge is 0.339 e. The van der Waals surface area contributed by atoms with Gasteiger partial charge in [0.25, 0.3) is 10.0 Å². The predicted octanol–water partition coefficient (Wildman–Crippen LogP) is 3.78. The van der Waals surface area contributed by atoms with Gasteiger partial charge in [-0.25, -0.2) is 13.1 Å². The number of benzene rings is 2. The maximum atomic E-state index is 12.6. The number of carbonyl (C=O) groups excluding carboxylic acids is 1. The van der Waals surface area contributed by atoms with E-state index in [4.69, 9.17) is 0 Å². The van der Waals surface area contributed by atoms with Crippen molar-refractivity contribution in [3.8, 4) is 5.82 Å². The summed E-state index contributed by atoms with van der Waals surface area (Å²) in [6.07, 6.45) is 0. The molecule has 4 rings (SSSR count). The third-order valence-electron chi connectivity index (χ3n) is 4.77. The van der Waals surface area contributed by atoms with E-state index in [0.29, 0.717) is 23.0 Å². The third-order valence-corrected chi connectivity index (χ3v) is 6.17. The van der Waals surface area contributed by atoms with Crippen LogP contribution < -0.4 is 15.4 Å². The minimum atomic E-state index is -3.78. The molecule has 3 N–H and O–H groups in total. The number of rotatable bonds is 7. The van der Waals surface area contributed by atoms with Crippen LogP contribution in [0.3, 0.4) is 0 Å². The number of hydrogen-bond donors (Lipinski definition) is 3. The van der Waals surface area contributed by atoms with Crippen LogP contribution in [0.5, 0.6) is 0 Å². The van der Waals surface area contributed by atoms with Gasteiger partial charge in [-0.1, -0.05) is 0 Å². The monoisotopic (exact) mass is 477 g/mol. The number of hydrogen-bond acceptors (Lipinski definition) is 7. The molecule has 0 aliphatic heterocycles. The van der Waals surface area contributed by atoms with Crippen LogP contribution in [0.15, 0.2) is 71.6 Å². The molecule has 4 aromatic rings. The summed E-state index contributed by atoms with van der Waals surface area (Å²) < 4.78 is 29.6. The molecule has 0 radical (unpaired) electrons. The summed E-state index contributed by atoms with van der Waals surface area (Å²) in [7, 11) is -3.78. The first kappa shape index (κ1) is 22.9. The Kier molecular flexibility index (Phi) is 6.28. The summed E-state index contributed by atoms with van der Waals surface area (Å²) in [4.78, 5) is 11.2. The molecule has 0 aliphatic carbocycles. The van der Waals surface area contributed by atoms with Crippen molar-refractivity contribution >= 4 is 38.8 Å². The van der Waals surface area contributed by atoms with Gasteiger partial charge < -0.3 is 10.6 Å². The molecule has 0 saturated heterocycles. The number of aryl methyl sites for hydroxylation is 2. The van der Waals surface area contributed by atoms with E-state index in [-0.39, 0.29) is 10.8 Å². The number of nitrogens with zero attached hydrogens (tertiary/aromatic N) is 4. The standard InChI is InChI=1S/C23H23N7O3S/c1-15-14-16(2)30(28-15)23-13-12-22(26-27-23)25-19-4-6-20(7-5-19)29-34(32,33)21-10-8-18(9-11-21)24-17(3)31/h4-14,29H,1-3H3,(H,24,31)(H,25,26). The SMILES string of the molecule is CC(=O)Nc1ccc(S(=O)(=O)Nc2ccc(Nc3ccc(-n4nc(C)cc4C)nn3)cc2)cc1. The molecule has 2 aromatic heterocycles. The molecule has 10 nitrogen and oxygen atoms in total. The van der Waals surface area contributed by atoms with Gasteiger partial charge >= 0.3 is 0 Å². The van der Waals surface area contributed by atoms with E-state index in [1.807, 2.05) is 26.0 Å². The molecule has 0 bridgehead atoms. The van der Waals surface area contributed by atoms with E-state index < -0.39 is 10.0 Å². The van der Waals surface area contributed by atoms with Crippen LogP contribution in [0.4, 0.5) is 22.9 Å². The average molecular weight is 478 g/mol. The van der Waals surface area contributed by atoms with Crippen molar-refractivity contribution in [3.05, 3.63) is 78.1 Å². The molecule has 2 aromatic carbocycles. The summed E-state index contributed by atoms with van der Waals surface area (Å²) in [5.74, 6) is 0.927. The van der Waals surface area contributed by atoms with Gasteiger partial charge in [-0.3, -0.25) is 9.52 Å². The van der Waals surface area contributed by atoms with Crippen LogP contribution in [0.2, 0.25) is 0 Å². The first-order valence-corrected chi connectivity index (χ1v) is 11.8. The van der Waals surface area contributed by atoms with Gasteiger partial charge in [0.2, 0.25) is 5.91 Å². The zero-order valence-electron chi connectivity index (χ0n) is 18.8. The fraction of sp³-hybridized carbons (Fsp3) is 0.130. The molecule has 174 valence electrons. The molecule has 0 spiro atoms. The van der Waals surface area contributed by atoms with E-state index in [1.165, 1.54) is 31.2 Å². The first-order valence-electron chi connectivity index (χ1n) is 10.3. The predicted molar refractivity (Wildman–Crippen MR) is 130 cm³/mol. The number of amides is 1. The lowest BCUT2D eigenvalue weighted by molar-refractivity contribution is -0.114. The van der Waals surface area contributed by atoms with E-state index >= 15 is 0 Å². The molecule has 34 heavy (non-hydrogen) atoms. The summed E-state index contributed by atoms with van der Waals surface area (Å²) >= 11 is 0. The highest BCUT2D eigenvalue weighted by molar-refractivity contribution is 7.92. The van der Waals surface area contributed by atoms with Crippen LogP contribution in [-0.4, -0.2) is 34.3 Å². The minimum Gasteiger partial charge on any atom is -0.339 e. The first-order chi connectivity index (χ1) is 16.2. The molecule has 0 unspecified atom stereocenters. The van der Waals surface area contributed by atoms with E-state index in [0.717, 1.165) is 17.1 Å². The van der Waals surface area contributed by atoms with Crippen LogP contribution in [0.25, 0.3) is 5.82 Å². The Bertz CT molecular complexity index is 1410. The van der Waals surface area contributed by atoms with Crippen LogP contribution >= 0.6 is 0 Å². The molecule has 1 amide bonds. The quantitative estimate of drug-likeness (QED) is 0.369. The van der Waals surface area contributed by atoms with Gasteiger partial charge in [-0.15, -0.1) is 10.2 Å². The van der Waals surface area contributed by atoms with Crippen molar-refractivity contribution in [2.75, 3.05) is 15.4 Å². The zero-order chi connectivity index (χ0) is 24.3. The highest BCUT2D eigenvalue weighted by atomic mass is 32.2. The highest BCUT2D eigenvalue weighted by Crippen LogP contribution is 2.21. The lowest BCUT2D eigenvalue weighted by Crippen LogP contribution is -2.13. The zero-order valence-corrected chi connectivity index (χ0v) is 19.6. The number of aromatic nitrogens is 4. The number of anilines is 4. The van der Waals surface area contributed by atoms with Crippen LogP contribution in [0, 0.1) is 13.8 Å². The Morgan fingerprint density at radius 1 is 0.853 bits per heavy atom. The maximum absolute atomic E-state index is 12.6. The molecule has 11 heteroatoms.